The minimum Gasteiger partial charge on any atom is -0.342 e. The normalized spacial score (nSPS) is 10.8. The van der Waals surface area contributed by atoms with Gasteiger partial charge in [-0.15, -0.1) is 0 Å². The molecule has 3 aromatic rings. The number of H-pyrrole nitrogens is 1. The van der Waals surface area contributed by atoms with E-state index in [9.17, 15) is 4.79 Å². The Morgan fingerprint density at radius 3 is 2.72 bits per heavy atom. The van der Waals surface area contributed by atoms with E-state index in [1.807, 2.05) is 43.4 Å². The van der Waals surface area contributed by atoms with Crippen molar-refractivity contribution in [2.75, 3.05) is 13.6 Å². The van der Waals surface area contributed by atoms with Gasteiger partial charge < -0.3 is 15.2 Å². The number of nitrogens with one attached hydrogen (secondary N) is 2. The van der Waals surface area contributed by atoms with Gasteiger partial charge in [0.25, 0.3) is 0 Å². The van der Waals surface area contributed by atoms with Crippen LogP contribution in [0.5, 0.6) is 0 Å². The molecule has 2 N–H and O–H groups in total. The van der Waals surface area contributed by atoms with Crippen LogP contribution in [-0.4, -0.2) is 34.5 Å². The molecule has 0 aliphatic carbocycles. The highest BCUT2D eigenvalue weighted by Gasteiger charge is 2.09. The zero-order valence-corrected chi connectivity index (χ0v) is 14.7. The summed E-state index contributed by atoms with van der Waals surface area (Å²) in [5.74, 6) is 0.962. The van der Waals surface area contributed by atoms with Gasteiger partial charge in [0.15, 0.2) is 0 Å². The maximum absolute atomic E-state index is 12.2. The Kier molecular flexibility index (Phi) is 5.33. The standard InChI is InChI=1S/C20H24N4O/c1-15-8-3-4-9-16(15)14-24(2)20(25)21-13-7-12-19-22-17-10-5-6-11-18(17)23-19/h3-6,8-11H,7,12-14H2,1-2H3,(H,21,25)(H,22,23). The zero-order chi connectivity index (χ0) is 17.6. The van der Waals surface area contributed by atoms with E-state index in [0.717, 1.165) is 29.7 Å². The molecule has 3 rings (SSSR count). The first-order valence-electron chi connectivity index (χ1n) is 8.60. The number of carbonyl (C=O) groups excluding carboxylic acids is 1. The third-order valence-electron chi connectivity index (χ3n) is 4.32. The highest BCUT2D eigenvalue weighted by atomic mass is 16.2. The third kappa shape index (κ3) is 4.38. The predicted octanol–water partition coefficient (Wildman–Crippen LogP) is 3.65. The number of hydrogen-bond donors (Lipinski definition) is 2. The van der Waals surface area contributed by atoms with Crippen LogP contribution in [0.25, 0.3) is 11.0 Å². The highest BCUT2D eigenvalue weighted by molar-refractivity contribution is 5.75. The monoisotopic (exact) mass is 336 g/mol. The summed E-state index contributed by atoms with van der Waals surface area (Å²) in [6, 6.07) is 16.1. The summed E-state index contributed by atoms with van der Waals surface area (Å²) in [6.45, 7) is 3.31. The van der Waals surface area contributed by atoms with Crippen LogP contribution in [0, 0.1) is 6.92 Å². The van der Waals surface area contributed by atoms with Crippen LogP contribution in [0.1, 0.15) is 23.4 Å². The fraction of sp³-hybridized carbons (Fsp3) is 0.300. The second-order valence-corrected chi connectivity index (χ2v) is 6.32. The molecule has 1 aromatic heterocycles. The maximum Gasteiger partial charge on any atom is 0.317 e. The summed E-state index contributed by atoms with van der Waals surface area (Å²) in [4.78, 5) is 21.8. The van der Waals surface area contributed by atoms with Gasteiger partial charge in [-0.3, -0.25) is 0 Å². The van der Waals surface area contributed by atoms with Gasteiger partial charge in [0.1, 0.15) is 5.82 Å². The molecule has 0 unspecified atom stereocenters. The summed E-state index contributed by atoms with van der Waals surface area (Å²) in [5, 5.41) is 2.97. The first-order chi connectivity index (χ1) is 12.1. The molecule has 25 heavy (non-hydrogen) atoms. The number of urea groups is 1. The van der Waals surface area contributed by atoms with Crippen molar-refractivity contribution in [3.8, 4) is 0 Å². The molecule has 0 saturated carbocycles. The fourth-order valence-electron chi connectivity index (χ4n) is 2.82. The molecule has 0 saturated heterocycles. The first-order valence-corrected chi connectivity index (χ1v) is 8.60. The maximum atomic E-state index is 12.2. The Balaban J connectivity index is 1.43. The van der Waals surface area contributed by atoms with E-state index in [-0.39, 0.29) is 6.03 Å². The van der Waals surface area contributed by atoms with Crippen LogP contribution in [0.15, 0.2) is 48.5 Å². The number of aryl methyl sites for hydroxylation is 2. The molecule has 0 aliphatic rings. The van der Waals surface area contributed by atoms with Crippen LogP contribution >= 0.6 is 0 Å². The van der Waals surface area contributed by atoms with Crippen LogP contribution in [0.4, 0.5) is 4.79 Å². The molecule has 0 aliphatic heterocycles. The molecule has 0 spiro atoms. The molecule has 0 atom stereocenters. The molecule has 0 fully saturated rings. The van der Waals surface area contributed by atoms with Crippen molar-refractivity contribution >= 4 is 17.1 Å². The van der Waals surface area contributed by atoms with Crippen LogP contribution in [-0.2, 0) is 13.0 Å². The zero-order valence-electron chi connectivity index (χ0n) is 14.7. The number of aromatic nitrogens is 2. The van der Waals surface area contributed by atoms with Crippen LogP contribution in [0.3, 0.4) is 0 Å². The molecule has 1 heterocycles. The van der Waals surface area contributed by atoms with E-state index in [2.05, 4.69) is 34.3 Å². The molecule has 5 nitrogen and oxygen atoms in total. The smallest absolute Gasteiger partial charge is 0.317 e. The van der Waals surface area contributed by atoms with E-state index in [4.69, 9.17) is 0 Å². The lowest BCUT2D eigenvalue weighted by molar-refractivity contribution is 0.206. The Bertz CT molecular complexity index is 823. The molecular formula is C20H24N4O. The Morgan fingerprint density at radius 1 is 1.16 bits per heavy atom. The van der Waals surface area contributed by atoms with Gasteiger partial charge in [0.05, 0.1) is 11.0 Å². The number of rotatable bonds is 6. The predicted molar refractivity (Wildman–Crippen MR) is 100 cm³/mol. The van der Waals surface area contributed by atoms with E-state index in [0.29, 0.717) is 13.1 Å². The number of amides is 2. The van der Waals surface area contributed by atoms with Crippen molar-refractivity contribution in [3.05, 3.63) is 65.5 Å². The van der Waals surface area contributed by atoms with Crippen LogP contribution in [0.2, 0.25) is 0 Å². The number of aromatic amines is 1. The van der Waals surface area contributed by atoms with E-state index >= 15 is 0 Å². The van der Waals surface area contributed by atoms with E-state index in [1.54, 1.807) is 4.90 Å². The minimum atomic E-state index is -0.0483. The van der Waals surface area contributed by atoms with E-state index < -0.39 is 0 Å². The van der Waals surface area contributed by atoms with Crippen molar-refractivity contribution in [2.24, 2.45) is 0 Å². The number of imidazole rings is 1. The lowest BCUT2D eigenvalue weighted by Crippen LogP contribution is -2.37. The molecule has 2 amide bonds. The SMILES string of the molecule is Cc1ccccc1CN(C)C(=O)NCCCc1nc2ccccc2[nH]1. The lowest BCUT2D eigenvalue weighted by Gasteiger charge is -2.19. The van der Waals surface area contributed by atoms with Gasteiger partial charge in [0.2, 0.25) is 0 Å². The summed E-state index contributed by atoms with van der Waals surface area (Å²) in [6.07, 6.45) is 1.67. The van der Waals surface area contributed by atoms with Crippen molar-refractivity contribution in [2.45, 2.75) is 26.3 Å². The quantitative estimate of drug-likeness (QED) is 0.675. The number of benzene rings is 2. The van der Waals surface area contributed by atoms with Crippen molar-refractivity contribution in [3.63, 3.8) is 0 Å². The first kappa shape index (κ1) is 17.0. The summed E-state index contributed by atoms with van der Waals surface area (Å²) >= 11 is 0. The second kappa shape index (κ2) is 7.83. The Labute approximate surface area is 148 Å². The Hall–Kier alpha value is -2.82. The van der Waals surface area contributed by atoms with Gasteiger partial charge in [-0.1, -0.05) is 36.4 Å². The largest absolute Gasteiger partial charge is 0.342 e. The van der Waals surface area contributed by atoms with Gasteiger partial charge in [-0.05, 0) is 36.6 Å². The van der Waals surface area contributed by atoms with Gasteiger partial charge in [0, 0.05) is 26.6 Å². The summed E-state index contributed by atoms with van der Waals surface area (Å²) in [7, 11) is 1.82. The summed E-state index contributed by atoms with van der Waals surface area (Å²) in [5.41, 5.74) is 4.41. The van der Waals surface area contributed by atoms with Gasteiger partial charge in [-0.2, -0.15) is 0 Å². The van der Waals surface area contributed by atoms with Crippen molar-refractivity contribution in [1.82, 2.24) is 20.2 Å². The van der Waals surface area contributed by atoms with Gasteiger partial charge >= 0.3 is 6.03 Å². The fourth-order valence-corrected chi connectivity index (χ4v) is 2.82. The minimum absolute atomic E-state index is 0.0483. The van der Waals surface area contributed by atoms with Crippen molar-refractivity contribution < 1.29 is 4.79 Å². The average molecular weight is 336 g/mol. The molecule has 0 radical (unpaired) electrons. The summed E-state index contributed by atoms with van der Waals surface area (Å²) < 4.78 is 0. The second-order valence-electron chi connectivity index (χ2n) is 6.32. The third-order valence-corrected chi connectivity index (χ3v) is 4.32. The number of carbonyl (C=O) groups is 1. The molecular weight excluding hydrogens is 312 g/mol. The highest BCUT2D eigenvalue weighted by Crippen LogP contribution is 2.11. The lowest BCUT2D eigenvalue weighted by atomic mass is 10.1. The van der Waals surface area contributed by atoms with Gasteiger partial charge in [-0.25, -0.2) is 9.78 Å². The van der Waals surface area contributed by atoms with E-state index in [1.165, 1.54) is 11.1 Å². The average Bonchev–Trinajstić information content (AvgIpc) is 3.03. The van der Waals surface area contributed by atoms with Crippen LogP contribution < -0.4 is 5.32 Å². The number of hydrogen-bond acceptors (Lipinski definition) is 2. The molecule has 0 bridgehead atoms. The number of nitrogens with zero attached hydrogens (tertiary/aromatic N) is 2. The topological polar surface area (TPSA) is 61.0 Å². The number of fused-ring (bicyclic) bond motifs is 1. The van der Waals surface area contributed by atoms with Crippen molar-refractivity contribution in [1.29, 1.82) is 0 Å². The molecule has 5 heteroatoms. The Morgan fingerprint density at radius 2 is 1.92 bits per heavy atom. The molecule has 2 aromatic carbocycles. The molecule has 130 valence electrons. The number of para-hydroxylation sites is 2.